The summed E-state index contributed by atoms with van der Waals surface area (Å²) < 4.78 is 37.2. The zero-order valence-corrected chi connectivity index (χ0v) is 16.6. The Morgan fingerprint density at radius 2 is 2.10 bits per heavy atom. The number of amides is 2. The normalized spacial score (nSPS) is 20.9. The topological polar surface area (TPSA) is 193 Å². The van der Waals surface area contributed by atoms with Crippen LogP contribution in [0.5, 0.6) is 0 Å². The van der Waals surface area contributed by atoms with Crippen LogP contribution in [0.4, 0.5) is 4.79 Å². The summed E-state index contributed by atoms with van der Waals surface area (Å²) in [5.41, 5.74) is 3.21. The number of aromatic nitrogens is 2. The molecule has 0 unspecified atom stereocenters. The van der Waals surface area contributed by atoms with Crippen LogP contribution in [0, 0.1) is 0 Å². The number of aryl methyl sites for hydroxylation is 1. The molecule has 164 valence electrons. The molecular weight excluding hydrogens is 428 g/mol. The van der Waals surface area contributed by atoms with Crippen molar-refractivity contribution in [3.63, 3.8) is 0 Å². The second-order valence-electron chi connectivity index (χ2n) is 6.37. The number of hydrogen-bond donors (Lipinski definition) is 3. The second-order valence-corrected chi connectivity index (χ2v) is 7.37. The molecule has 30 heavy (non-hydrogen) atoms. The van der Waals surface area contributed by atoms with Gasteiger partial charge in [0.15, 0.2) is 5.84 Å². The minimum absolute atomic E-state index is 0.00373. The van der Waals surface area contributed by atoms with E-state index in [9.17, 15) is 22.8 Å². The molecule has 3 heterocycles. The SMILES string of the molecule is CN=C(NOC(=O)CCC(=O)O)[C@@H]1c2c(cnn2C)[C@@H]2CN1C(=O)N2OS(=O)(=O)O. The molecule has 2 atom stereocenters. The average molecular weight is 446 g/mol. The van der Waals surface area contributed by atoms with Gasteiger partial charge in [-0.1, -0.05) is 0 Å². The second kappa shape index (κ2) is 7.88. The molecule has 1 aromatic rings. The van der Waals surface area contributed by atoms with Crippen molar-refractivity contribution in [3.8, 4) is 0 Å². The zero-order chi connectivity index (χ0) is 22.2. The van der Waals surface area contributed by atoms with E-state index < -0.39 is 46.9 Å². The maximum atomic E-state index is 12.8. The van der Waals surface area contributed by atoms with Crippen LogP contribution < -0.4 is 5.48 Å². The molecule has 1 saturated heterocycles. The van der Waals surface area contributed by atoms with Crippen molar-refractivity contribution in [2.24, 2.45) is 12.0 Å². The highest BCUT2D eigenvalue weighted by molar-refractivity contribution is 7.80. The maximum Gasteiger partial charge on any atom is 0.418 e. The number of urea groups is 1. The molecule has 0 spiro atoms. The third-order valence-corrected chi connectivity index (χ3v) is 4.87. The summed E-state index contributed by atoms with van der Waals surface area (Å²) in [6.45, 7) is -0.0224. The Bertz CT molecular complexity index is 1020. The van der Waals surface area contributed by atoms with Crippen LogP contribution in [-0.2, 0) is 36.2 Å². The number of hydrogen-bond acceptors (Lipinski definition) is 9. The summed E-state index contributed by atoms with van der Waals surface area (Å²) in [4.78, 5) is 45.1. The number of nitrogens with one attached hydrogen (secondary N) is 1. The number of amidine groups is 1. The Hall–Kier alpha value is -3.24. The van der Waals surface area contributed by atoms with Gasteiger partial charge in [0.2, 0.25) is 0 Å². The van der Waals surface area contributed by atoms with Crippen LogP contribution in [-0.4, -0.2) is 75.2 Å². The summed E-state index contributed by atoms with van der Waals surface area (Å²) in [5.74, 6) is -2.03. The minimum atomic E-state index is -4.96. The monoisotopic (exact) mass is 446 g/mol. The Labute approximate surface area is 169 Å². The third-order valence-electron chi connectivity index (χ3n) is 4.52. The number of aliphatic imine (C=N–C) groups is 1. The van der Waals surface area contributed by atoms with Crippen molar-refractivity contribution in [2.75, 3.05) is 13.6 Å². The van der Waals surface area contributed by atoms with Gasteiger partial charge in [-0.25, -0.2) is 15.1 Å². The largest absolute Gasteiger partial charge is 0.481 e. The summed E-state index contributed by atoms with van der Waals surface area (Å²) >= 11 is 0. The van der Waals surface area contributed by atoms with E-state index in [0.29, 0.717) is 16.3 Å². The lowest BCUT2D eigenvalue weighted by Gasteiger charge is -2.31. The molecule has 1 fully saturated rings. The summed E-state index contributed by atoms with van der Waals surface area (Å²) in [6.07, 6.45) is 0.597. The predicted octanol–water partition coefficient (Wildman–Crippen LogP) is -1.07. The number of carbonyl (C=O) groups excluding carboxylic acids is 2. The molecule has 3 N–H and O–H groups in total. The van der Waals surface area contributed by atoms with Gasteiger partial charge in [0.1, 0.15) is 12.1 Å². The number of carboxylic acids is 1. The Morgan fingerprint density at radius 3 is 2.70 bits per heavy atom. The van der Waals surface area contributed by atoms with Gasteiger partial charge >= 0.3 is 28.4 Å². The van der Waals surface area contributed by atoms with Gasteiger partial charge in [-0.05, 0) is 0 Å². The van der Waals surface area contributed by atoms with E-state index in [1.807, 2.05) is 0 Å². The van der Waals surface area contributed by atoms with Gasteiger partial charge < -0.3 is 14.8 Å². The lowest BCUT2D eigenvalue weighted by atomic mass is 9.97. The van der Waals surface area contributed by atoms with Crippen LogP contribution in [0.2, 0.25) is 0 Å². The lowest BCUT2D eigenvalue weighted by Crippen LogP contribution is -2.45. The van der Waals surface area contributed by atoms with Gasteiger partial charge in [0.25, 0.3) is 0 Å². The molecule has 1 aromatic heterocycles. The predicted molar refractivity (Wildman–Crippen MR) is 94.7 cm³/mol. The highest BCUT2D eigenvalue weighted by Crippen LogP contribution is 2.44. The van der Waals surface area contributed by atoms with E-state index in [0.717, 1.165) is 0 Å². The third kappa shape index (κ3) is 4.05. The van der Waals surface area contributed by atoms with Crippen LogP contribution >= 0.6 is 0 Å². The first-order valence-electron chi connectivity index (χ1n) is 8.46. The van der Waals surface area contributed by atoms with E-state index in [1.54, 1.807) is 7.05 Å². The minimum Gasteiger partial charge on any atom is -0.481 e. The van der Waals surface area contributed by atoms with Crippen LogP contribution in [0.1, 0.15) is 36.2 Å². The first-order chi connectivity index (χ1) is 14.0. The van der Waals surface area contributed by atoms with Crippen LogP contribution in [0.15, 0.2) is 11.2 Å². The summed E-state index contributed by atoms with van der Waals surface area (Å²) in [5, 5.41) is 13.3. The molecule has 0 aromatic carbocycles. The van der Waals surface area contributed by atoms with Crippen molar-refractivity contribution in [1.29, 1.82) is 0 Å². The molecule has 2 bridgehead atoms. The molecule has 2 aliphatic heterocycles. The van der Waals surface area contributed by atoms with E-state index in [1.165, 1.54) is 22.8 Å². The quantitative estimate of drug-likeness (QED) is 0.208. The number of aliphatic carboxylic acids is 1. The van der Waals surface area contributed by atoms with Gasteiger partial charge in [-0.3, -0.25) is 19.0 Å². The van der Waals surface area contributed by atoms with Crippen LogP contribution in [0.3, 0.4) is 0 Å². The number of carbonyl (C=O) groups is 3. The molecule has 0 radical (unpaired) electrons. The molecule has 0 saturated carbocycles. The Kier molecular flexibility index (Phi) is 5.64. The summed E-state index contributed by atoms with van der Waals surface area (Å²) in [7, 11) is -2.02. The fourth-order valence-electron chi connectivity index (χ4n) is 3.30. The van der Waals surface area contributed by atoms with Crippen molar-refractivity contribution in [1.82, 2.24) is 25.2 Å². The molecule has 2 aliphatic rings. The van der Waals surface area contributed by atoms with Gasteiger partial charge in [0, 0.05) is 19.7 Å². The molecule has 2 amide bonds. The fourth-order valence-corrected chi connectivity index (χ4v) is 3.67. The molecule has 3 rings (SSSR count). The van der Waals surface area contributed by atoms with E-state index in [4.69, 9.17) is 14.5 Å². The highest BCUT2D eigenvalue weighted by Gasteiger charge is 2.53. The maximum absolute atomic E-state index is 12.8. The fraction of sp³-hybridized carbons (Fsp3) is 0.500. The molecule has 16 heteroatoms. The number of fused-ring (bicyclic) bond motifs is 4. The Morgan fingerprint density at radius 1 is 1.40 bits per heavy atom. The van der Waals surface area contributed by atoms with Crippen molar-refractivity contribution < 1.29 is 41.6 Å². The number of rotatable bonds is 6. The first-order valence-corrected chi connectivity index (χ1v) is 9.82. The van der Waals surface area contributed by atoms with Crippen LogP contribution in [0.25, 0.3) is 0 Å². The standard InChI is InChI=1S/C14H18N6O9S/c1-15-13(17-28-10(23)4-3-9(21)22)12-11-7(5-16-18(11)2)8-6-19(12)14(24)20(8)29-30(25,26)27/h5,8,12H,3-4,6H2,1-2H3,(H,15,17)(H,21,22)(H,25,26,27)/t8-,12-/m0/s1. The van der Waals surface area contributed by atoms with E-state index in [2.05, 4.69) is 19.9 Å². The summed E-state index contributed by atoms with van der Waals surface area (Å²) in [6, 6.07) is -2.70. The number of nitrogens with zero attached hydrogens (tertiary/aromatic N) is 5. The number of carboxylic acid groups (broad SMARTS) is 1. The van der Waals surface area contributed by atoms with E-state index in [-0.39, 0.29) is 18.8 Å². The molecule has 0 aliphatic carbocycles. The van der Waals surface area contributed by atoms with Gasteiger partial charge in [-0.15, -0.1) is 4.28 Å². The lowest BCUT2D eigenvalue weighted by molar-refractivity contribution is -0.151. The van der Waals surface area contributed by atoms with Gasteiger partial charge in [-0.2, -0.15) is 18.6 Å². The molecule has 15 nitrogen and oxygen atoms in total. The smallest absolute Gasteiger partial charge is 0.418 e. The van der Waals surface area contributed by atoms with Gasteiger partial charge in [0.05, 0.1) is 31.3 Å². The highest BCUT2D eigenvalue weighted by atomic mass is 32.3. The molecular formula is C14H18N6O9S. The Balaban J connectivity index is 1.88. The van der Waals surface area contributed by atoms with Crippen molar-refractivity contribution in [3.05, 3.63) is 17.5 Å². The van der Waals surface area contributed by atoms with E-state index >= 15 is 0 Å². The zero-order valence-electron chi connectivity index (χ0n) is 15.7. The van der Waals surface area contributed by atoms with Crippen molar-refractivity contribution >= 4 is 34.2 Å². The first kappa shape index (κ1) is 21.5. The average Bonchev–Trinajstić information content (AvgIpc) is 3.16. The van der Waals surface area contributed by atoms with Crippen molar-refractivity contribution in [2.45, 2.75) is 24.9 Å². The number of hydroxylamine groups is 3.